The lowest BCUT2D eigenvalue weighted by atomic mass is 9.93. The molecular weight excluding hydrogens is 981 g/mol. The van der Waals surface area contributed by atoms with E-state index in [1.165, 1.54) is 116 Å². The second-order valence-electron chi connectivity index (χ2n) is 21.7. The molecule has 13 aromatic rings. The summed E-state index contributed by atoms with van der Waals surface area (Å²) in [4.78, 5) is 8.08. The zero-order valence-electron chi connectivity index (χ0n) is 50.4. The SMILES string of the molecule is Cc1cc(C)nc(C)c1.Cc1ccc(-n2c3ccccc3c3ccccc32)cc1.Cc1ccc(C(C)C)cc1.Cc1ccc(C)cc1.Cc1ccc(C)n1C.Cc1ccc2c3ccccc3c3ccccc3c2c1.Cc1ccncc1. The molecule has 4 heteroatoms. The van der Waals surface area contributed by atoms with Gasteiger partial charge in [0, 0.05) is 58.7 Å². The Hall–Kier alpha value is -8.86. The number of hydrogen-bond acceptors (Lipinski definition) is 2. The minimum absolute atomic E-state index is 0.653. The van der Waals surface area contributed by atoms with E-state index in [1.807, 2.05) is 32.9 Å². The Balaban J connectivity index is 0.000000143. The van der Waals surface area contributed by atoms with Crippen LogP contribution in [-0.2, 0) is 7.05 Å². The second-order valence-corrected chi connectivity index (χ2v) is 21.7. The predicted molar refractivity (Wildman–Crippen MR) is 353 cm³/mol. The maximum absolute atomic E-state index is 4.23. The predicted octanol–water partition coefficient (Wildman–Crippen LogP) is 21.0. The molecule has 0 saturated carbocycles. The van der Waals surface area contributed by atoms with Crippen LogP contribution in [0.25, 0.3) is 59.8 Å². The topological polar surface area (TPSA) is 35.6 Å². The molecule has 0 aliphatic rings. The Morgan fingerprint density at radius 2 is 0.654 bits per heavy atom. The normalized spacial score (nSPS) is 10.5. The van der Waals surface area contributed by atoms with Crippen molar-refractivity contribution in [3.05, 3.63) is 304 Å². The Labute approximate surface area is 483 Å². The number of hydrogen-bond donors (Lipinski definition) is 0. The summed E-state index contributed by atoms with van der Waals surface area (Å²) in [6, 6.07) is 79.5. The van der Waals surface area contributed by atoms with Crippen molar-refractivity contribution in [3.8, 4) is 5.69 Å². The fourth-order valence-electron chi connectivity index (χ4n) is 9.72. The van der Waals surface area contributed by atoms with Crippen LogP contribution in [0.4, 0.5) is 0 Å². The van der Waals surface area contributed by atoms with Gasteiger partial charge in [-0.25, -0.2) is 0 Å². The molecular formula is C77H82N4. The minimum atomic E-state index is 0.653. The maximum atomic E-state index is 4.23. The summed E-state index contributed by atoms with van der Waals surface area (Å²) in [6.07, 6.45) is 3.57. The molecule has 0 aliphatic carbocycles. The van der Waals surface area contributed by atoms with Gasteiger partial charge in [0.2, 0.25) is 0 Å². The number of rotatable bonds is 2. The first-order valence-corrected chi connectivity index (χ1v) is 28.3. The molecule has 410 valence electrons. The van der Waals surface area contributed by atoms with E-state index in [2.05, 4.69) is 308 Å². The summed E-state index contributed by atoms with van der Waals surface area (Å²) < 4.78 is 4.50. The first-order chi connectivity index (χ1) is 39.0. The van der Waals surface area contributed by atoms with Crippen LogP contribution in [0.15, 0.2) is 237 Å². The van der Waals surface area contributed by atoms with Gasteiger partial charge in [-0.1, -0.05) is 205 Å². The van der Waals surface area contributed by atoms with Crippen molar-refractivity contribution in [3.63, 3.8) is 0 Å². The highest BCUT2D eigenvalue weighted by Crippen LogP contribution is 2.35. The van der Waals surface area contributed by atoms with Crippen molar-refractivity contribution >= 4 is 54.1 Å². The summed E-state index contributed by atoms with van der Waals surface area (Å²) in [5.41, 5.74) is 19.2. The van der Waals surface area contributed by atoms with E-state index in [1.54, 1.807) is 12.4 Å². The molecule has 81 heavy (non-hydrogen) atoms. The van der Waals surface area contributed by atoms with Crippen LogP contribution < -0.4 is 0 Å². The zero-order chi connectivity index (χ0) is 58.0. The smallest absolute Gasteiger partial charge is 0.0541 e. The molecule has 0 aliphatic heterocycles. The van der Waals surface area contributed by atoms with Gasteiger partial charge in [-0.05, 0) is 192 Å². The Kier molecular flexibility index (Phi) is 21.3. The summed E-state index contributed by atoms with van der Waals surface area (Å²) in [6.45, 7) is 27.4. The van der Waals surface area contributed by atoms with Crippen molar-refractivity contribution in [1.29, 1.82) is 0 Å². The third-order valence-corrected chi connectivity index (χ3v) is 14.4. The van der Waals surface area contributed by atoms with E-state index in [0.29, 0.717) is 5.92 Å². The number of aromatic nitrogens is 4. The van der Waals surface area contributed by atoms with Crippen LogP contribution in [0.3, 0.4) is 0 Å². The van der Waals surface area contributed by atoms with Gasteiger partial charge in [0.15, 0.2) is 0 Å². The lowest BCUT2D eigenvalue weighted by Gasteiger charge is -2.10. The van der Waals surface area contributed by atoms with Gasteiger partial charge < -0.3 is 9.13 Å². The van der Waals surface area contributed by atoms with Gasteiger partial charge in [-0.2, -0.15) is 0 Å². The van der Waals surface area contributed by atoms with Crippen LogP contribution >= 0.6 is 0 Å². The molecule has 0 bridgehead atoms. The highest BCUT2D eigenvalue weighted by atomic mass is 15.0. The Morgan fingerprint density at radius 3 is 1.02 bits per heavy atom. The molecule has 4 aromatic heterocycles. The minimum Gasteiger partial charge on any atom is -0.352 e. The average Bonchev–Trinajstić information content (AvgIpc) is 4.13. The molecule has 0 fully saturated rings. The van der Waals surface area contributed by atoms with E-state index < -0.39 is 0 Å². The molecule has 0 unspecified atom stereocenters. The molecule has 4 nitrogen and oxygen atoms in total. The molecule has 0 saturated heterocycles. The van der Waals surface area contributed by atoms with Crippen LogP contribution in [0.2, 0.25) is 0 Å². The maximum Gasteiger partial charge on any atom is 0.0541 e. The zero-order valence-corrected chi connectivity index (χ0v) is 50.4. The van der Waals surface area contributed by atoms with Crippen LogP contribution in [0.1, 0.15) is 87.0 Å². The lowest BCUT2D eigenvalue weighted by molar-refractivity contribution is 0.844. The van der Waals surface area contributed by atoms with E-state index >= 15 is 0 Å². The molecule has 13 rings (SSSR count). The number of para-hydroxylation sites is 2. The van der Waals surface area contributed by atoms with Crippen molar-refractivity contribution in [2.45, 2.75) is 95.9 Å². The Bertz CT molecular complexity index is 3890. The summed E-state index contributed by atoms with van der Waals surface area (Å²) in [7, 11) is 2.07. The first kappa shape index (κ1) is 59.8. The van der Waals surface area contributed by atoms with E-state index in [4.69, 9.17) is 0 Å². The number of aryl methyl sites for hydroxylation is 11. The molecule has 0 amide bonds. The quantitative estimate of drug-likeness (QED) is 0.162. The third-order valence-electron chi connectivity index (χ3n) is 14.4. The van der Waals surface area contributed by atoms with Gasteiger partial charge >= 0.3 is 0 Å². The number of pyridine rings is 2. The number of benzene rings is 9. The number of fused-ring (bicyclic) bond motifs is 9. The van der Waals surface area contributed by atoms with Crippen LogP contribution in [0.5, 0.6) is 0 Å². The fourth-order valence-corrected chi connectivity index (χ4v) is 9.72. The molecule has 0 N–H and O–H groups in total. The standard InChI is InChI=1S/C19H15N.C19H14.C10H14.C8H11N.C8H10.C7H11N.C6H7N/c1-14-10-12-15(13-11-14)20-18-8-4-2-6-16(18)17-7-3-5-9-19(17)20;1-13-10-11-18-16-8-3-2-6-14(16)15-7-4-5-9-17(15)19(18)12-13;1-8(2)10-6-4-9(3)5-7-10;1-6-4-7(2)9-8(3)5-6;1-7-3-5-8(2)6-4-7;1-6-4-5-7(2)8(6)3;1-6-2-4-7-5-3-6/h2-13H,1H3;2-12H,1H3;4-8H,1-3H3;4-5H,1-3H3;3-6H,1-2H3;4-5H,1-3H3;2-5H,1H3. The molecule has 0 spiro atoms. The summed E-state index contributed by atoms with van der Waals surface area (Å²) in [5, 5.41) is 10.7. The monoisotopic (exact) mass is 1060 g/mol. The van der Waals surface area contributed by atoms with Crippen LogP contribution in [0, 0.1) is 76.2 Å². The Morgan fingerprint density at radius 1 is 0.309 bits per heavy atom. The summed E-state index contributed by atoms with van der Waals surface area (Å²) >= 11 is 0. The van der Waals surface area contributed by atoms with E-state index in [0.717, 1.165) is 11.4 Å². The average molecular weight is 1060 g/mol. The molecule has 9 aromatic carbocycles. The lowest BCUT2D eigenvalue weighted by Crippen LogP contribution is -1.93. The van der Waals surface area contributed by atoms with Gasteiger partial charge in [-0.3, -0.25) is 9.97 Å². The van der Waals surface area contributed by atoms with E-state index in [9.17, 15) is 0 Å². The highest BCUT2D eigenvalue weighted by Gasteiger charge is 2.11. The third kappa shape index (κ3) is 16.6. The van der Waals surface area contributed by atoms with Crippen molar-refractivity contribution in [1.82, 2.24) is 19.1 Å². The highest BCUT2D eigenvalue weighted by molar-refractivity contribution is 6.25. The largest absolute Gasteiger partial charge is 0.352 e. The van der Waals surface area contributed by atoms with Crippen molar-refractivity contribution in [2.24, 2.45) is 7.05 Å². The van der Waals surface area contributed by atoms with Crippen LogP contribution in [-0.4, -0.2) is 19.1 Å². The molecule has 0 radical (unpaired) electrons. The number of nitrogens with zero attached hydrogens (tertiary/aromatic N) is 4. The fraction of sp³-hybridized carbons (Fsp3) is 0.195. The molecule has 4 heterocycles. The van der Waals surface area contributed by atoms with Gasteiger partial charge in [0.25, 0.3) is 0 Å². The second kappa shape index (κ2) is 28.9. The van der Waals surface area contributed by atoms with Gasteiger partial charge in [-0.15, -0.1) is 0 Å². The first-order valence-electron chi connectivity index (χ1n) is 28.3. The van der Waals surface area contributed by atoms with Crippen molar-refractivity contribution < 1.29 is 0 Å². The van der Waals surface area contributed by atoms with Gasteiger partial charge in [0.1, 0.15) is 0 Å². The van der Waals surface area contributed by atoms with Gasteiger partial charge in [0.05, 0.1) is 11.0 Å². The summed E-state index contributed by atoms with van der Waals surface area (Å²) in [5.74, 6) is 0.653. The molecule has 0 atom stereocenters. The van der Waals surface area contributed by atoms with Crippen molar-refractivity contribution in [2.75, 3.05) is 0 Å². The van der Waals surface area contributed by atoms with E-state index in [-0.39, 0.29) is 0 Å².